The van der Waals surface area contributed by atoms with Crippen molar-refractivity contribution in [2.75, 3.05) is 0 Å². The Hall–Kier alpha value is -4.94. The zero-order valence-corrected chi connectivity index (χ0v) is 22.8. The van der Waals surface area contributed by atoms with Crippen LogP contribution in [0.2, 0.25) is 0 Å². The van der Waals surface area contributed by atoms with Gasteiger partial charge in [0, 0.05) is 32.6 Å². The van der Waals surface area contributed by atoms with Gasteiger partial charge in [-0.3, -0.25) is 19.7 Å². The first-order valence-corrected chi connectivity index (χ1v) is 13.2. The number of carbonyl (C=O) groups is 3. The Balaban J connectivity index is 1.55. The summed E-state index contributed by atoms with van der Waals surface area (Å²) in [5.41, 5.74) is 2.62. The number of halogens is 1. The highest BCUT2D eigenvalue weighted by Gasteiger charge is 2.17. The molecular formula is C28H19BrN4O6S. The number of hydrogen-bond donors (Lipinski definition) is 2. The molecule has 0 atom stereocenters. The van der Waals surface area contributed by atoms with Gasteiger partial charge in [-0.25, -0.2) is 10.2 Å². The summed E-state index contributed by atoms with van der Waals surface area (Å²) in [5, 5.41) is 19.6. The van der Waals surface area contributed by atoms with Gasteiger partial charge < -0.3 is 10.1 Å². The number of non-ortho nitro benzene ring substituents is 1. The molecule has 200 valence electrons. The number of nitrogens with zero attached hydrogens (tertiary/aromatic N) is 2. The number of carbonyl (C=O) groups excluding carboxylic acids is 3. The molecule has 0 aliphatic carbocycles. The maximum Gasteiger partial charge on any atom is 0.343 e. The third kappa shape index (κ3) is 7.56. The van der Waals surface area contributed by atoms with Crippen LogP contribution in [0.4, 0.5) is 5.69 Å². The van der Waals surface area contributed by atoms with Crippen molar-refractivity contribution in [3.05, 3.63) is 132 Å². The Bertz CT molecular complexity index is 1620. The van der Waals surface area contributed by atoms with Crippen molar-refractivity contribution in [2.24, 2.45) is 5.10 Å². The Morgan fingerprint density at radius 3 is 2.42 bits per heavy atom. The van der Waals surface area contributed by atoms with Gasteiger partial charge in [0.25, 0.3) is 17.5 Å². The minimum Gasteiger partial charge on any atom is -0.422 e. The summed E-state index contributed by atoms with van der Waals surface area (Å²) in [6.07, 6.45) is 2.60. The fourth-order valence-electron chi connectivity index (χ4n) is 3.30. The number of thiophene rings is 1. The van der Waals surface area contributed by atoms with Gasteiger partial charge >= 0.3 is 5.97 Å². The first kappa shape index (κ1) is 28.1. The van der Waals surface area contributed by atoms with Crippen molar-refractivity contribution in [3.8, 4) is 5.75 Å². The Labute approximate surface area is 240 Å². The predicted octanol–water partition coefficient (Wildman–Crippen LogP) is 5.56. The zero-order valence-electron chi connectivity index (χ0n) is 20.4. The molecule has 2 amide bonds. The van der Waals surface area contributed by atoms with E-state index in [9.17, 15) is 24.5 Å². The monoisotopic (exact) mass is 618 g/mol. The number of amides is 2. The number of esters is 1. The highest BCUT2D eigenvalue weighted by molar-refractivity contribution is 9.10. The summed E-state index contributed by atoms with van der Waals surface area (Å²) in [4.78, 5) is 49.7. The van der Waals surface area contributed by atoms with Crippen LogP contribution in [-0.4, -0.2) is 28.9 Å². The van der Waals surface area contributed by atoms with Crippen molar-refractivity contribution in [1.29, 1.82) is 0 Å². The van der Waals surface area contributed by atoms with Crippen LogP contribution >= 0.6 is 27.3 Å². The molecule has 2 N–H and O–H groups in total. The molecule has 0 saturated heterocycles. The fraction of sp³-hybridized carbons (Fsp3) is 0. The van der Waals surface area contributed by atoms with E-state index in [2.05, 4.69) is 31.8 Å². The highest BCUT2D eigenvalue weighted by atomic mass is 79.9. The average Bonchev–Trinajstić information content (AvgIpc) is 3.47. The average molecular weight is 619 g/mol. The van der Waals surface area contributed by atoms with E-state index in [0.717, 1.165) is 12.3 Å². The van der Waals surface area contributed by atoms with E-state index in [-0.39, 0.29) is 28.3 Å². The third-order valence-corrected chi connectivity index (χ3v) is 6.51. The number of hydrazone groups is 1. The van der Waals surface area contributed by atoms with Gasteiger partial charge in [0.15, 0.2) is 0 Å². The molecule has 0 aliphatic heterocycles. The van der Waals surface area contributed by atoms with E-state index in [1.807, 2.05) is 5.38 Å². The molecule has 4 rings (SSSR count). The van der Waals surface area contributed by atoms with Gasteiger partial charge in [-0.1, -0.05) is 46.3 Å². The summed E-state index contributed by atoms with van der Waals surface area (Å²) in [6.45, 7) is 0. The number of ether oxygens (including phenoxy) is 1. The quantitative estimate of drug-likeness (QED) is 0.0628. The van der Waals surface area contributed by atoms with Crippen molar-refractivity contribution in [1.82, 2.24) is 10.7 Å². The van der Waals surface area contributed by atoms with Crippen LogP contribution in [-0.2, 0) is 4.79 Å². The Morgan fingerprint density at radius 2 is 1.73 bits per heavy atom. The maximum absolute atomic E-state index is 13.0. The lowest BCUT2D eigenvalue weighted by Crippen LogP contribution is -2.32. The summed E-state index contributed by atoms with van der Waals surface area (Å²) in [6, 6.07) is 22.0. The Kier molecular flexibility index (Phi) is 9.28. The minimum atomic E-state index is -0.743. The number of nitro groups is 1. The molecule has 0 unspecified atom stereocenters. The fourth-order valence-corrected chi connectivity index (χ4v) is 4.35. The highest BCUT2D eigenvalue weighted by Crippen LogP contribution is 2.24. The van der Waals surface area contributed by atoms with E-state index in [1.54, 1.807) is 66.7 Å². The van der Waals surface area contributed by atoms with E-state index in [1.165, 1.54) is 29.5 Å². The van der Waals surface area contributed by atoms with E-state index in [0.29, 0.717) is 14.9 Å². The van der Waals surface area contributed by atoms with Crippen LogP contribution in [0.1, 0.15) is 31.2 Å². The third-order valence-electron chi connectivity index (χ3n) is 5.20. The molecule has 1 heterocycles. The van der Waals surface area contributed by atoms with Gasteiger partial charge in [-0.15, -0.1) is 11.3 Å². The smallest absolute Gasteiger partial charge is 0.343 e. The predicted molar refractivity (Wildman–Crippen MR) is 154 cm³/mol. The molecule has 3 aromatic carbocycles. The van der Waals surface area contributed by atoms with Crippen molar-refractivity contribution < 1.29 is 24.0 Å². The van der Waals surface area contributed by atoms with Gasteiger partial charge in [0.2, 0.25) is 0 Å². The largest absolute Gasteiger partial charge is 0.422 e. The summed E-state index contributed by atoms with van der Waals surface area (Å²) in [7, 11) is 0. The summed E-state index contributed by atoms with van der Waals surface area (Å²) < 4.78 is 6.11. The molecule has 0 bridgehead atoms. The second kappa shape index (κ2) is 13.2. The van der Waals surface area contributed by atoms with Crippen LogP contribution in [0.25, 0.3) is 6.08 Å². The lowest BCUT2D eigenvalue weighted by atomic mass is 10.2. The van der Waals surface area contributed by atoms with Crippen LogP contribution < -0.4 is 15.5 Å². The number of benzene rings is 3. The number of hydrogen-bond acceptors (Lipinski definition) is 8. The second-order valence-corrected chi connectivity index (χ2v) is 9.87. The van der Waals surface area contributed by atoms with E-state index < -0.39 is 22.7 Å². The Morgan fingerprint density at radius 1 is 0.950 bits per heavy atom. The molecule has 0 spiro atoms. The van der Waals surface area contributed by atoms with Gasteiger partial charge in [0.05, 0.1) is 16.7 Å². The van der Waals surface area contributed by atoms with Crippen molar-refractivity contribution in [3.63, 3.8) is 0 Å². The van der Waals surface area contributed by atoms with Crippen LogP contribution in [0.15, 0.2) is 106 Å². The van der Waals surface area contributed by atoms with E-state index >= 15 is 0 Å². The zero-order chi connectivity index (χ0) is 28.5. The summed E-state index contributed by atoms with van der Waals surface area (Å²) in [5.74, 6) is -1.95. The number of nitrogens with one attached hydrogen (secondary N) is 2. The molecule has 1 aromatic heterocycles. The first-order chi connectivity index (χ1) is 19.3. The number of nitro benzene ring substituents is 1. The van der Waals surface area contributed by atoms with Gasteiger partial charge in [0.1, 0.15) is 11.4 Å². The molecule has 0 radical (unpaired) electrons. The molecule has 40 heavy (non-hydrogen) atoms. The minimum absolute atomic E-state index is 0.0136. The molecule has 0 fully saturated rings. The molecular weight excluding hydrogens is 600 g/mol. The number of rotatable bonds is 9. The molecule has 12 heteroatoms. The standard InChI is InChI=1S/C28H19BrN4O6S/c29-21-9-4-8-19(14-21)28(36)39-25-12-11-22(33(37)38)15-20(25)17-30-32-27(35)24(16-23-10-5-13-40-23)31-26(34)18-6-2-1-3-7-18/h1-17H,(H,31,34)(H,32,35). The molecule has 0 aliphatic rings. The van der Waals surface area contributed by atoms with Crippen LogP contribution in [0.5, 0.6) is 5.75 Å². The van der Waals surface area contributed by atoms with Crippen molar-refractivity contribution in [2.45, 2.75) is 0 Å². The van der Waals surface area contributed by atoms with Crippen molar-refractivity contribution >= 4 is 63.0 Å². The lowest BCUT2D eigenvalue weighted by molar-refractivity contribution is -0.384. The maximum atomic E-state index is 13.0. The van der Waals surface area contributed by atoms with Crippen LogP contribution in [0, 0.1) is 10.1 Å². The summed E-state index contributed by atoms with van der Waals surface area (Å²) >= 11 is 4.65. The lowest BCUT2D eigenvalue weighted by Gasteiger charge is -2.09. The normalized spacial score (nSPS) is 11.2. The van der Waals surface area contributed by atoms with Crippen LogP contribution in [0.3, 0.4) is 0 Å². The topological polar surface area (TPSA) is 140 Å². The molecule has 4 aromatic rings. The second-order valence-electron chi connectivity index (χ2n) is 7.97. The van der Waals surface area contributed by atoms with Gasteiger partial charge in [-0.2, -0.15) is 5.10 Å². The first-order valence-electron chi connectivity index (χ1n) is 11.5. The molecule has 0 saturated carbocycles. The van der Waals surface area contributed by atoms with Gasteiger partial charge in [-0.05, 0) is 53.9 Å². The van der Waals surface area contributed by atoms with E-state index in [4.69, 9.17) is 4.74 Å². The molecule has 10 nitrogen and oxygen atoms in total. The SMILES string of the molecule is O=C(NN=Cc1cc([N+](=O)[O-])ccc1OC(=O)c1cccc(Br)c1)C(=Cc1cccs1)NC(=O)c1ccccc1.